The van der Waals surface area contributed by atoms with Gasteiger partial charge in [0.15, 0.2) is 5.82 Å². The van der Waals surface area contributed by atoms with Crippen LogP contribution in [0.4, 0.5) is 0 Å². The van der Waals surface area contributed by atoms with Crippen LogP contribution in [0, 0.1) is 0 Å². The van der Waals surface area contributed by atoms with Crippen molar-refractivity contribution in [3.05, 3.63) is 47.6 Å². The zero-order valence-electron chi connectivity index (χ0n) is 14.7. The Labute approximate surface area is 148 Å². The lowest BCUT2D eigenvalue weighted by Crippen LogP contribution is -2.38. The van der Waals surface area contributed by atoms with Crippen LogP contribution >= 0.6 is 0 Å². The number of hydrogen-bond acceptors (Lipinski definition) is 5. The molecule has 0 atom stereocenters. The maximum atomic E-state index is 12.4. The number of aryl methyl sites for hydroxylation is 1. The maximum Gasteiger partial charge on any atom is 0.229 e. The van der Waals surface area contributed by atoms with Gasteiger partial charge in [0.1, 0.15) is 0 Å². The van der Waals surface area contributed by atoms with Gasteiger partial charge in [0.2, 0.25) is 11.8 Å². The standard InChI is InChI=1S/C19H25N3O3/c1-24-14-11-17-20-19(25-21-17)16-9-12-22(13-10-16)18(23)8-7-15-5-3-2-4-6-15/h2-6,16H,7-14H2,1H3. The zero-order valence-corrected chi connectivity index (χ0v) is 14.7. The monoisotopic (exact) mass is 343 g/mol. The Bertz CT molecular complexity index is 664. The molecule has 6 nitrogen and oxygen atoms in total. The second-order valence-corrected chi connectivity index (χ2v) is 6.43. The molecule has 1 amide bonds. The Kier molecular flexibility index (Phi) is 6.17. The van der Waals surface area contributed by atoms with Crippen LogP contribution in [0.15, 0.2) is 34.9 Å². The van der Waals surface area contributed by atoms with Gasteiger partial charge in [-0.25, -0.2) is 0 Å². The third-order valence-electron chi connectivity index (χ3n) is 4.68. The van der Waals surface area contributed by atoms with Gasteiger partial charge < -0.3 is 14.2 Å². The Hall–Kier alpha value is -2.21. The van der Waals surface area contributed by atoms with E-state index in [1.807, 2.05) is 23.1 Å². The second-order valence-electron chi connectivity index (χ2n) is 6.43. The predicted molar refractivity (Wildman–Crippen MR) is 93.2 cm³/mol. The summed E-state index contributed by atoms with van der Waals surface area (Å²) in [5.41, 5.74) is 1.21. The highest BCUT2D eigenvalue weighted by Crippen LogP contribution is 2.27. The van der Waals surface area contributed by atoms with Gasteiger partial charge in [0.05, 0.1) is 6.61 Å². The molecule has 1 saturated heterocycles. The number of piperidine rings is 1. The summed E-state index contributed by atoms with van der Waals surface area (Å²) in [7, 11) is 1.66. The first-order valence-electron chi connectivity index (χ1n) is 8.89. The number of methoxy groups -OCH3 is 1. The molecule has 2 heterocycles. The quantitative estimate of drug-likeness (QED) is 0.773. The maximum absolute atomic E-state index is 12.4. The van der Waals surface area contributed by atoms with Gasteiger partial charge in [-0.15, -0.1) is 0 Å². The third-order valence-corrected chi connectivity index (χ3v) is 4.68. The van der Waals surface area contributed by atoms with E-state index in [9.17, 15) is 4.79 Å². The summed E-state index contributed by atoms with van der Waals surface area (Å²) >= 11 is 0. The van der Waals surface area contributed by atoms with Crippen LogP contribution in [0.5, 0.6) is 0 Å². The number of carbonyl (C=O) groups is 1. The highest BCUT2D eigenvalue weighted by molar-refractivity contribution is 5.76. The lowest BCUT2D eigenvalue weighted by Gasteiger charge is -2.30. The number of nitrogens with zero attached hydrogens (tertiary/aromatic N) is 3. The number of benzene rings is 1. The molecular formula is C19H25N3O3. The van der Waals surface area contributed by atoms with E-state index in [4.69, 9.17) is 9.26 Å². The number of rotatable bonds is 7. The molecule has 0 spiro atoms. The second kappa shape index (κ2) is 8.76. The van der Waals surface area contributed by atoms with Crippen LogP contribution in [-0.2, 0) is 22.4 Å². The van der Waals surface area contributed by atoms with Gasteiger partial charge >= 0.3 is 0 Å². The van der Waals surface area contributed by atoms with Crippen molar-refractivity contribution in [3.8, 4) is 0 Å². The molecule has 134 valence electrons. The molecule has 1 aromatic carbocycles. The largest absolute Gasteiger partial charge is 0.384 e. The molecular weight excluding hydrogens is 318 g/mol. The highest BCUT2D eigenvalue weighted by atomic mass is 16.5. The molecule has 0 bridgehead atoms. The molecule has 0 unspecified atom stereocenters. The summed E-state index contributed by atoms with van der Waals surface area (Å²) in [4.78, 5) is 18.8. The average molecular weight is 343 g/mol. The number of carbonyl (C=O) groups excluding carboxylic acids is 1. The Morgan fingerprint density at radius 2 is 2.00 bits per heavy atom. The van der Waals surface area contributed by atoms with Crippen molar-refractivity contribution in [3.63, 3.8) is 0 Å². The molecule has 0 N–H and O–H groups in total. The average Bonchev–Trinajstić information content (AvgIpc) is 3.14. The molecule has 2 aromatic rings. The van der Waals surface area contributed by atoms with Crippen molar-refractivity contribution in [1.29, 1.82) is 0 Å². The summed E-state index contributed by atoms with van der Waals surface area (Å²) in [5, 5.41) is 4.00. The molecule has 3 rings (SSSR count). The number of aromatic nitrogens is 2. The van der Waals surface area contributed by atoms with Gasteiger partial charge in [-0.1, -0.05) is 35.5 Å². The Morgan fingerprint density at radius 3 is 2.72 bits per heavy atom. The first-order valence-corrected chi connectivity index (χ1v) is 8.89. The molecule has 1 fully saturated rings. The molecule has 1 aromatic heterocycles. The zero-order chi connectivity index (χ0) is 17.5. The van der Waals surface area contributed by atoms with Gasteiger partial charge in [0.25, 0.3) is 0 Å². The van der Waals surface area contributed by atoms with Crippen LogP contribution in [0.2, 0.25) is 0 Å². The number of hydrogen-bond donors (Lipinski definition) is 0. The summed E-state index contributed by atoms with van der Waals surface area (Å²) in [6, 6.07) is 10.1. The minimum Gasteiger partial charge on any atom is -0.384 e. The van der Waals surface area contributed by atoms with Crippen molar-refractivity contribution >= 4 is 5.91 Å². The first kappa shape index (κ1) is 17.6. The van der Waals surface area contributed by atoms with E-state index in [2.05, 4.69) is 22.3 Å². The van der Waals surface area contributed by atoms with Gasteiger partial charge in [0, 0.05) is 39.0 Å². The van der Waals surface area contributed by atoms with Gasteiger partial charge in [-0.3, -0.25) is 4.79 Å². The van der Waals surface area contributed by atoms with Crippen molar-refractivity contribution in [2.75, 3.05) is 26.8 Å². The third kappa shape index (κ3) is 4.89. The minimum atomic E-state index is 0.230. The van der Waals surface area contributed by atoms with Crippen LogP contribution in [0.25, 0.3) is 0 Å². The van der Waals surface area contributed by atoms with Crippen molar-refractivity contribution in [2.45, 2.75) is 38.0 Å². The summed E-state index contributed by atoms with van der Waals surface area (Å²) < 4.78 is 10.4. The van der Waals surface area contributed by atoms with E-state index in [1.165, 1.54) is 5.56 Å². The van der Waals surface area contributed by atoms with E-state index in [0.717, 1.165) is 32.4 Å². The normalized spacial score (nSPS) is 15.5. The smallest absolute Gasteiger partial charge is 0.229 e. The van der Waals surface area contributed by atoms with E-state index in [-0.39, 0.29) is 11.8 Å². The Morgan fingerprint density at radius 1 is 1.24 bits per heavy atom. The summed E-state index contributed by atoms with van der Waals surface area (Å²) in [5.74, 6) is 1.87. The summed E-state index contributed by atoms with van der Waals surface area (Å²) in [6.07, 6.45) is 3.78. The fourth-order valence-corrected chi connectivity index (χ4v) is 3.16. The van der Waals surface area contributed by atoms with Crippen LogP contribution in [0.1, 0.15) is 42.5 Å². The van der Waals surface area contributed by atoms with Crippen LogP contribution in [-0.4, -0.2) is 47.8 Å². The minimum absolute atomic E-state index is 0.230. The Balaban J connectivity index is 1.45. The van der Waals surface area contributed by atoms with Crippen LogP contribution in [0.3, 0.4) is 0 Å². The fourth-order valence-electron chi connectivity index (χ4n) is 3.16. The molecule has 25 heavy (non-hydrogen) atoms. The molecule has 0 saturated carbocycles. The number of ether oxygens (including phenoxy) is 1. The molecule has 1 aliphatic rings. The van der Waals surface area contributed by atoms with E-state index >= 15 is 0 Å². The SMILES string of the molecule is COCCc1noc(C2CCN(C(=O)CCc3ccccc3)CC2)n1. The first-order chi connectivity index (χ1) is 12.3. The van der Waals surface area contributed by atoms with Gasteiger partial charge in [-0.2, -0.15) is 4.98 Å². The van der Waals surface area contributed by atoms with Crippen molar-refractivity contribution in [1.82, 2.24) is 15.0 Å². The van der Waals surface area contributed by atoms with Gasteiger partial charge in [-0.05, 0) is 24.8 Å². The topological polar surface area (TPSA) is 68.5 Å². The lowest BCUT2D eigenvalue weighted by molar-refractivity contribution is -0.132. The summed E-state index contributed by atoms with van der Waals surface area (Å²) in [6.45, 7) is 2.11. The number of amides is 1. The van der Waals surface area contributed by atoms with E-state index in [1.54, 1.807) is 7.11 Å². The lowest BCUT2D eigenvalue weighted by atomic mass is 9.96. The fraction of sp³-hybridized carbons (Fsp3) is 0.526. The molecule has 0 radical (unpaired) electrons. The molecule has 1 aliphatic heterocycles. The molecule has 0 aliphatic carbocycles. The van der Waals surface area contributed by atoms with Crippen molar-refractivity contribution in [2.24, 2.45) is 0 Å². The number of likely N-dealkylation sites (tertiary alicyclic amines) is 1. The van der Waals surface area contributed by atoms with Crippen LogP contribution < -0.4 is 0 Å². The van der Waals surface area contributed by atoms with Crippen molar-refractivity contribution < 1.29 is 14.1 Å². The highest BCUT2D eigenvalue weighted by Gasteiger charge is 2.27. The molecule has 6 heteroatoms. The predicted octanol–water partition coefficient (Wildman–Crippen LogP) is 2.60. The van der Waals surface area contributed by atoms with E-state index in [0.29, 0.717) is 31.2 Å². The van der Waals surface area contributed by atoms with E-state index < -0.39 is 0 Å².